The van der Waals surface area contributed by atoms with Crippen LogP contribution < -0.4 is 0 Å². The number of piperidine rings is 1. The Bertz CT molecular complexity index is 983. The number of halogens is 2. The SMILES string of the molecule is CN(C)C(=O)N1CCC(CS(=O)(=O)c2ccc(-c3ccc(F)cc3F)cc2)CC1. The summed E-state index contributed by atoms with van der Waals surface area (Å²) in [4.78, 5) is 15.4. The maximum atomic E-state index is 13.9. The summed E-state index contributed by atoms with van der Waals surface area (Å²) in [6.45, 7) is 1.08. The highest BCUT2D eigenvalue weighted by molar-refractivity contribution is 7.91. The average Bonchev–Trinajstić information content (AvgIpc) is 2.68. The normalized spacial score (nSPS) is 15.4. The molecule has 156 valence electrons. The molecule has 0 bridgehead atoms. The Hall–Kier alpha value is -2.48. The zero-order valence-electron chi connectivity index (χ0n) is 16.4. The second-order valence-corrected chi connectivity index (χ2v) is 9.57. The molecule has 0 unspecified atom stereocenters. The van der Waals surface area contributed by atoms with Crippen molar-refractivity contribution in [1.82, 2.24) is 9.80 Å². The van der Waals surface area contributed by atoms with E-state index in [1.54, 1.807) is 19.0 Å². The van der Waals surface area contributed by atoms with Gasteiger partial charge < -0.3 is 9.80 Å². The summed E-state index contributed by atoms with van der Waals surface area (Å²) in [6.07, 6.45) is 1.27. The third-order valence-corrected chi connectivity index (χ3v) is 7.08. The predicted molar refractivity (Wildman–Crippen MR) is 107 cm³/mol. The first-order valence-corrected chi connectivity index (χ1v) is 11.1. The minimum absolute atomic E-state index is 0.0135. The van der Waals surface area contributed by atoms with Crippen LogP contribution in [0.3, 0.4) is 0 Å². The Morgan fingerprint density at radius 3 is 2.24 bits per heavy atom. The van der Waals surface area contributed by atoms with Crippen molar-refractivity contribution in [2.75, 3.05) is 32.9 Å². The molecule has 29 heavy (non-hydrogen) atoms. The van der Waals surface area contributed by atoms with E-state index >= 15 is 0 Å². The Morgan fingerprint density at radius 1 is 1.07 bits per heavy atom. The van der Waals surface area contributed by atoms with Crippen LogP contribution in [0, 0.1) is 17.6 Å². The highest BCUT2D eigenvalue weighted by Gasteiger charge is 2.28. The summed E-state index contributed by atoms with van der Waals surface area (Å²) in [6, 6.07) is 9.20. The first-order valence-electron chi connectivity index (χ1n) is 9.42. The molecule has 0 aliphatic carbocycles. The highest BCUT2D eigenvalue weighted by Crippen LogP contribution is 2.27. The van der Waals surface area contributed by atoms with Crippen LogP contribution in [0.1, 0.15) is 12.8 Å². The number of carbonyl (C=O) groups excluding carboxylic acids is 1. The zero-order valence-corrected chi connectivity index (χ0v) is 17.3. The quantitative estimate of drug-likeness (QED) is 0.753. The van der Waals surface area contributed by atoms with Gasteiger partial charge in [0.2, 0.25) is 0 Å². The van der Waals surface area contributed by atoms with Crippen molar-refractivity contribution in [3.63, 3.8) is 0 Å². The summed E-state index contributed by atoms with van der Waals surface area (Å²) < 4.78 is 52.5. The van der Waals surface area contributed by atoms with E-state index in [-0.39, 0.29) is 28.2 Å². The maximum absolute atomic E-state index is 13.9. The second kappa shape index (κ2) is 8.49. The van der Waals surface area contributed by atoms with Gasteiger partial charge in [0.05, 0.1) is 10.6 Å². The van der Waals surface area contributed by atoms with Crippen LogP contribution in [0.15, 0.2) is 47.4 Å². The monoisotopic (exact) mass is 422 g/mol. The van der Waals surface area contributed by atoms with Crippen molar-refractivity contribution in [1.29, 1.82) is 0 Å². The van der Waals surface area contributed by atoms with Crippen LogP contribution in [0.25, 0.3) is 11.1 Å². The number of hydrogen-bond acceptors (Lipinski definition) is 3. The van der Waals surface area contributed by atoms with Crippen molar-refractivity contribution >= 4 is 15.9 Å². The van der Waals surface area contributed by atoms with Gasteiger partial charge in [0.15, 0.2) is 9.84 Å². The van der Waals surface area contributed by atoms with Gasteiger partial charge in [-0.3, -0.25) is 0 Å². The summed E-state index contributed by atoms with van der Waals surface area (Å²) in [5.74, 6) is -1.36. The lowest BCUT2D eigenvalue weighted by molar-refractivity contribution is 0.150. The Balaban J connectivity index is 1.67. The molecule has 5 nitrogen and oxygen atoms in total. The van der Waals surface area contributed by atoms with E-state index in [1.165, 1.54) is 35.2 Å². The first-order chi connectivity index (χ1) is 13.7. The molecule has 1 fully saturated rings. The molecular formula is C21H24F2N2O3S. The fourth-order valence-corrected chi connectivity index (χ4v) is 5.24. The van der Waals surface area contributed by atoms with E-state index in [9.17, 15) is 22.0 Å². The van der Waals surface area contributed by atoms with Crippen molar-refractivity contribution in [3.05, 3.63) is 54.1 Å². The Morgan fingerprint density at radius 2 is 1.69 bits per heavy atom. The lowest BCUT2D eigenvalue weighted by atomic mass is 9.99. The van der Waals surface area contributed by atoms with E-state index in [2.05, 4.69) is 0 Å². The van der Waals surface area contributed by atoms with Gasteiger partial charge in [-0.1, -0.05) is 12.1 Å². The number of rotatable bonds is 4. The molecular weight excluding hydrogens is 398 g/mol. The molecule has 3 rings (SSSR count). The molecule has 0 radical (unpaired) electrons. The second-order valence-electron chi connectivity index (χ2n) is 7.54. The number of sulfone groups is 1. The summed E-state index contributed by atoms with van der Waals surface area (Å²) >= 11 is 0. The van der Waals surface area contributed by atoms with Crippen molar-refractivity contribution in [2.24, 2.45) is 5.92 Å². The van der Waals surface area contributed by atoms with E-state index in [0.717, 1.165) is 12.1 Å². The molecule has 2 aromatic carbocycles. The molecule has 0 aromatic heterocycles. The van der Waals surface area contributed by atoms with Crippen molar-refractivity contribution < 1.29 is 22.0 Å². The van der Waals surface area contributed by atoms with Gasteiger partial charge >= 0.3 is 6.03 Å². The standard InChI is InChI=1S/C21H24F2N2O3S/c1-24(2)21(26)25-11-9-15(10-12-25)14-29(27,28)18-6-3-16(4-7-18)19-8-5-17(22)13-20(19)23/h3-8,13,15H,9-12,14H2,1-2H3. The van der Waals surface area contributed by atoms with Gasteiger partial charge in [0, 0.05) is 38.8 Å². The van der Waals surface area contributed by atoms with Gasteiger partial charge in [-0.2, -0.15) is 0 Å². The maximum Gasteiger partial charge on any atom is 0.319 e. The van der Waals surface area contributed by atoms with Gasteiger partial charge in [0.1, 0.15) is 11.6 Å². The van der Waals surface area contributed by atoms with Crippen LogP contribution >= 0.6 is 0 Å². The third kappa shape index (κ3) is 4.93. The van der Waals surface area contributed by atoms with E-state index in [1.807, 2.05) is 0 Å². The lowest BCUT2D eigenvalue weighted by Crippen LogP contribution is -2.44. The summed E-state index contributed by atoms with van der Waals surface area (Å²) in [5, 5.41) is 0. The number of carbonyl (C=O) groups is 1. The summed E-state index contributed by atoms with van der Waals surface area (Å²) in [5.41, 5.74) is 0.699. The van der Waals surface area contributed by atoms with Gasteiger partial charge in [0.25, 0.3) is 0 Å². The summed E-state index contributed by atoms with van der Waals surface area (Å²) in [7, 11) is -0.108. The van der Waals surface area contributed by atoms with Crippen LogP contribution in [0.5, 0.6) is 0 Å². The number of nitrogens with zero attached hydrogens (tertiary/aromatic N) is 2. The largest absolute Gasteiger partial charge is 0.331 e. The molecule has 0 N–H and O–H groups in total. The van der Waals surface area contributed by atoms with Crippen molar-refractivity contribution in [2.45, 2.75) is 17.7 Å². The van der Waals surface area contributed by atoms with Crippen LogP contribution in [0.4, 0.5) is 13.6 Å². The van der Waals surface area contributed by atoms with Crippen LogP contribution in [-0.4, -0.2) is 57.2 Å². The predicted octanol–water partition coefficient (Wildman–Crippen LogP) is 3.80. The van der Waals surface area contributed by atoms with Gasteiger partial charge in [-0.25, -0.2) is 22.0 Å². The highest BCUT2D eigenvalue weighted by atomic mass is 32.2. The Kier molecular flexibility index (Phi) is 6.21. The fraction of sp³-hybridized carbons (Fsp3) is 0.381. The number of amides is 2. The third-order valence-electron chi connectivity index (χ3n) is 5.18. The fourth-order valence-electron chi connectivity index (χ4n) is 3.55. The Labute approximate surface area is 169 Å². The van der Waals surface area contributed by atoms with Crippen LogP contribution in [-0.2, 0) is 9.84 Å². The van der Waals surface area contributed by atoms with E-state index in [4.69, 9.17) is 0 Å². The molecule has 1 aliphatic rings. The van der Waals surface area contributed by atoms with Crippen molar-refractivity contribution in [3.8, 4) is 11.1 Å². The molecule has 2 amide bonds. The minimum Gasteiger partial charge on any atom is -0.331 e. The molecule has 0 atom stereocenters. The number of urea groups is 1. The number of hydrogen-bond donors (Lipinski definition) is 0. The van der Waals surface area contributed by atoms with Crippen LogP contribution in [0.2, 0.25) is 0 Å². The molecule has 1 heterocycles. The van der Waals surface area contributed by atoms with E-state index < -0.39 is 21.5 Å². The molecule has 0 spiro atoms. The number of benzene rings is 2. The zero-order chi connectivity index (χ0) is 21.2. The minimum atomic E-state index is -3.50. The van der Waals surface area contributed by atoms with Gasteiger partial charge in [-0.05, 0) is 48.6 Å². The number of likely N-dealkylation sites (tertiary alicyclic amines) is 1. The lowest BCUT2D eigenvalue weighted by Gasteiger charge is -2.33. The molecule has 1 aliphatic heterocycles. The topological polar surface area (TPSA) is 57.7 Å². The first kappa shape index (κ1) is 21.2. The van der Waals surface area contributed by atoms with E-state index in [0.29, 0.717) is 31.5 Å². The molecule has 1 saturated heterocycles. The molecule has 2 aromatic rings. The molecule has 0 saturated carbocycles. The molecule has 8 heteroatoms. The van der Waals surface area contributed by atoms with Gasteiger partial charge in [-0.15, -0.1) is 0 Å². The smallest absolute Gasteiger partial charge is 0.319 e. The average molecular weight is 422 g/mol.